The highest BCUT2D eigenvalue weighted by molar-refractivity contribution is 6.10. The van der Waals surface area contributed by atoms with E-state index in [0.29, 0.717) is 23.2 Å². The molecule has 2 saturated heterocycles. The second kappa shape index (κ2) is 5.90. The summed E-state index contributed by atoms with van der Waals surface area (Å²) in [5.74, 6) is -0.197. The first kappa shape index (κ1) is 15.1. The molecule has 1 aromatic carbocycles. The molecule has 4 rings (SSSR count). The van der Waals surface area contributed by atoms with Crippen molar-refractivity contribution in [2.75, 3.05) is 18.1 Å². The van der Waals surface area contributed by atoms with Gasteiger partial charge in [0.25, 0.3) is 5.56 Å². The minimum Gasteiger partial charge on any atom is -0.317 e. The Kier molecular flexibility index (Phi) is 3.72. The number of H-pyrrole nitrogens is 1. The average molecular weight is 328 g/mol. The molecule has 2 aliphatic rings. The molecule has 0 unspecified atom stereocenters. The van der Waals surface area contributed by atoms with Gasteiger partial charge in [-0.1, -0.05) is 6.07 Å². The molecule has 0 aliphatic carbocycles. The first-order chi connectivity index (χ1) is 11.6. The van der Waals surface area contributed by atoms with E-state index in [4.69, 9.17) is 0 Å². The largest absolute Gasteiger partial charge is 0.317 e. The number of carbonyl (C=O) groups is 2. The van der Waals surface area contributed by atoms with Gasteiger partial charge in [-0.15, -0.1) is 4.79 Å². The van der Waals surface area contributed by atoms with Gasteiger partial charge in [0.1, 0.15) is 0 Å². The highest BCUT2D eigenvalue weighted by Gasteiger charge is 2.30. The molecule has 0 saturated carbocycles. The van der Waals surface area contributed by atoms with Crippen molar-refractivity contribution in [1.29, 1.82) is 0 Å². The van der Waals surface area contributed by atoms with E-state index in [2.05, 4.69) is 10.4 Å². The third-order valence-electron chi connectivity index (χ3n) is 4.96. The van der Waals surface area contributed by atoms with Crippen LogP contribution in [0.15, 0.2) is 23.0 Å². The van der Waals surface area contributed by atoms with Crippen LogP contribution in [0.2, 0.25) is 0 Å². The molecule has 3 heterocycles. The monoisotopic (exact) mass is 328 g/mol. The van der Waals surface area contributed by atoms with E-state index in [9.17, 15) is 14.4 Å². The number of piperidine rings is 2. The molecular weight excluding hydrogens is 308 g/mol. The van der Waals surface area contributed by atoms with Crippen LogP contribution in [0.5, 0.6) is 0 Å². The van der Waals surface area contributed by atoms with Crippen molar-refractivity contribution >= 4 is 22.7 Å². The van der Waals surface area contributed by atoms with Gasteiger partial charge >= 0.3 is 0 Å². The molecule has 0 spiro atoms. The van der Waals surface area contributed by atoms with Crippen molar-refractivity contribution in [3.63, 3.8) is 0 Å². The van der Waals surface area contributed by atoms with Crippen molar-refractivity contribution in [3.8, 4) is 0 Å². The Hall–Kier alpha value is -2.41. The Morgan fingerprint density at radius 3 is 2.42 bits per heavy atom. The number of amides is 2. The van der Waals surface area contributed by atoms with Crippen molar-refractivity contribution in [1.82, 2.24) is 15.2 Å². The molecule has 2 fully saturated rings. The average Bonchev–Trinajstić information content (AvgIpc) is 2.92. The number of nitrogens with one attached hydrogen (secondary N) is 2. The summed E-state index contributed by atoms with van der Waals surface area (Å²) in [6.45, 7) is 1.99. The first-order valence-corrected chi connectivity index (χ1v) is 8.46. The molecule has 0 bridgehead atoms. The first-order valence-electron chi connectivity index (χ1n) is 8.46. The van der Waals surface area contributed by atoms with Crippen LogP contribution < -0.4 is 15.9 Å². The maximum atomic E-state index is 12.6. The van der Waals surface area contributed by atoms with Crippen LogP contribution in [0.25, 0.3) is 10.9 Å². The van der Waals surface area contributed by atoms with Crippen LogP contribution >= 0.6 is 0 Å². The predicted octanol–water partition coefficient (Wildman–Crippen LogP) is 0.972. The van der Waals surface area contributed by atoms with E-state index in [-0.39, 0.29) is 30.2 Å². The minimum absolute atomic E-state index is 0.286. The van der Waals surface area contributed by atoms with Crippen molar-refractivity contribution in [2.45, 2.75) is 38.0 Å². The molecule has 7 heteroatoms. The molecule has 2 amide bonds. The summed E-state index contributed by atoms with van der Waals surface area (Å²) in [6.07, 6.45) is 3.25. The topological polar surface area (TPSA) is 87.2 Å². The number of hydrogen-bond donors (Lipinski definition) is 2. The van der Waals surface area contributed by atoms with Gasteiger partial charge in [-0.3, -0.25) is 19.5 Å². The molecule has 2 N–H and O–H groups in total. The number of imide groups is 1. The van der Waals surface area contributed by atoms with Crippen molar-refractivity contribution in [2.24, 2.45) is 0 Å². The second-order valence-corrected chi connectivity index (χ2v) is 6.51. The lowest BCUT2D eigenvalue weighted by atomic mass is 9.90. The van der Waals surface area contributed by atoms with E-state index in [1.165, 1.54) is 5.56 Å². The Labute approximate surface area is 138 Å². The predicted molar refractivity (Wildman–Crippen MR) is 89.5 cm³/mol. The second-order valence-electron chi connectivity index (χ2n) is 6.51. The number of aromatic amines is 1. The number of carbonyl (C=O) groups excluding carboxylic acids is 2. The molecular formula is C17H20N4O3. The van der Waals surface area contributed by atoms with Gasteiger partial charge in [0, 0.05) is 12.8 Å². The zero-order chi connectivity index (χ0) is 16.7. The highest BCUT2D eigenvalue weighted by atomic mass is 16.2. The third kappa shape index (κ3) is 2.45. The van der Waals surface area contributed by atoms with Gasteiger partial charge in [-0.25, -0.2) is 0 Å². The Bertz CT molecular complexity index is 844. The maximum absolute atomic E-state index is 12.6. The smallest absolute Gasteiger partial charge is 0.294 e. The third-order valence-corrected chi connectivity index (χ3v) is 4.96. The molecule has 2 aromatic rings. The Morgan fingerprint density at radius 1 is 1.00 bits per heavy atom. The fourth-order valence-electron chi connectivity index (χ4n) is 3.63. The van der Waals surface area contributed by atoms with Crippen LogP contribution in [0, 0.1) is 0 Å². The van der Waals surface area contributed by atoms with Crippen LogP contribution in [0.4, 0.5) is 0 Å². The van der Waals surface area contributed by atoms with Gasteiger partial charge in [-0.2, -0.15) is 5.01 Å². The van der Waals surface area contributed by atoms with E-state index in [1.807, 2.05) is 12.1 Å². The maximum Gasteiger partial charge on any atom is 0.294 e. The van der Waals surface area contributed by atoms with Crippen LogP contribution in [-0.4, -0.2) is 34.8 Å². The van der Waals surface area contributed by atoms with Crippen molar-refractivity contribution < 1.29 is 9.59 Å². The number of fused-ring (bicyclic) bond motifs is 1. The molecule has 0 atom stereocenters. The number of rotatable bonds is 2. The molecule has 126 valence electrons. The molecule has 7 nitrogen and oxygen atoms in total. The lowest BCUT2D eigenvalue weighted by Gasteiger charge is -2.23. The van der Waals surface area contributed by atoms with E-state index < -0.39 is 0 Å². The van der Waals surface area contributed by atoms with Gasteiger partial charge in [0.05, 0.1) is 10.9 Å². The Balaban J connectivity index is 1.75. The standard InChI is InChI=1S/C17H20N4O3/c22-15-2-1-3-16(23)20(15)21-17(24)13-5-4-12(10-14(13)19-21)11-6-8-18-9-7-11/h4-5,10-11,18-19H,1-3,6-9H2. The number of aromatic nitrogens is 2. The van der Waals surface area contributed by atoms with Crippen molar-refractivity contribution in [3.05, 3.63) is 34.1 Å². The number of hydrogen-bond acceptors (Lipinski definition) is 4. The SMILES string of the molecule is O=C1CCCC(=O)N1n1[nH]c2cc(C3CCNCC3)ccc2c1=O. The summed E-state index contributed by atoms with van der Waals surface area (Å²) >= 11 is 0. The van der Waals surface area contributed by atoms with Crippen LogP contribution in [0.1, 0.15) is 43.6 Å². The number of nitrogens with zero attached hydrogens (tertiary/aromatic N) is 2. The number of benzene rings is 1. The molecule has 1 aromatic heterocycles. The molecule has 24 heavy (non-hydrogen) atoms. The van der Waals surface area contributed by atoms with Crippen LogP contribution in [0.3, 0.4) is 0 Å². The summed E-state index contributed by atoms with van der Waals surface area (Å²) in [7, 11) is 0. The summed E-state index contributed by atoms with van der Waals surface area (Å²) in [4.78, 5) is 37.8. The molecule has 2 aliphatic heterocycles. The highest BCUT2D eigenvalue weighted by Crippen LogP contribution is 2.27. The fraction of sp³-hybridized carbons (Fsp3) is 0.471. The summed E-state index contributed by atoms with van der Waals surface area (Å²) in [5.41, 5.74) is 1.50. The van der Waals surface area contributed by atoms with Gasteiger partial charge in [0.2, 0.25) is 11.8 Å². The summed E-state index contributed by atoms with van der Waals surface area (Å²) < 4.78 is 0. The zero-order valence-corrected chi connectivity index (χ0v) is 13.4. The minimum atomic E-state index is -0.356. The zero-order valence-electron chi connectivity index (χ0n) is 13.4. The van der Waals surface area contributed by atoms with Crippen LogP contribution in [-0.2, 0) is 9.59 Å². The van der Waals surface area contributed by atoms with Gasteiger partial charge in [-0.05, 0) is 56.0 Å². The lowest BCUT2D eigenvalue weighted by molar-refractivity contribution is -0.131. The van der Waals surface area contributed by atoms with E-state index in [0.717, 1.165) is 35.7 Å². The summed E-state index contributed by atoms with van der Waals surface area (Å²) in [6, 6.07) is 5.75. The Morgan fingerprint density at radius 2 is 1.71 bits per heavy atom. The normalized spacial score (nSPS) is 20.1. The summed E-state index contributed by atoms with van der Waals surface area (Å²) in [5, 5.41) is 7.74. The fourth-order valence-corrected chi connectivity index (χ4v) is 3.63. The van der Waals surface area contributed by atoms with E-state index >= 15 is 0 Å². The quantitative estimate of drug-likeness (QED) is 0.804. The lowest BCUT2D eigenvalue weighted by Crippen LogP contribution is -2.52. The van der Waals surface area contributed by atoms with Gasteiger partial charge < -0.3 is 5.32 Å². The van der Waals surface area contributed by atoms with Gasteiger partial charge in [0.15, 0.2) is 0 Å². The molecule has 0 radical (unpaired) electrons. The van der Waals surface area contributed by atoms with E-state index in [1.54, 1.807) is 6.07 Å².